The van der Waals surface area contributed by atoms with Crippen molar-refractivity contribution in [3.63, 3.8) is 0 Å². The van der Waals surface area contributed by atoms with E-state index in [1.807, 2.05) is 18.1 Å². The molecule has 0 aliphatic carbocycles. The molecule has 1 aliphatic heterocycles. The number of carbonyl (C=O) groups is 1. The molecule has 88 valence electrons. The predicted molar refractivity (Wildman–Crippen MR) is 63.4 cm³/mol. The van der Waals surface area contributed by atoms with E-state index in [9.17, 15) is 4.79 Å². The minimum absolute atomic E-state index is 0.218. The Bertz CT molecular complexity index is 359. The van der Waals surface area contributed by atoms with Gasteiger partial charge < -0.3 is 10.2 Å². The highest BCUT2D eigenvalue weighted by molar-refractivity contribution is 8.00. The molecule has 6 heteroatoms. The molecule has 1 N–H and O–H groups in total. The molecule has 2 rings (SSSR count). The molecule has 1 amide bonds. The van der Waals surface area contributed by atoms with Crippen molar-refractivity contribution < 1.29 is 4.79 Å². The summed E-state index contributed by atoms with van der Waals surface area (Å²) in [6.07, 6.45) is 3.71. The molecule has 1 aromatic heterocycles. The third kappa shape index (κ3) is 2.99. The summed E-state index contributed by atoms with van der Waals surface area (Å²) < 4.78 is 1.75. The van der Waals surface area contributed by atoms with Crippen LogP contribution in [-0.2, 0) is 11.8 Å². The fraction of sp³-hybridized carbons (Fsp3) is 0.600. The first-order valence-corrected chi connectivity index (χ1v) is 6.34. The Morgan fingerprint density at radius 3 is 2.94 bits per heavy atom. The standard InChI is InChI=1S/C10H16N4OS/c1-13-7-9(6-12-13)16-8-10(15)14-4-2-11-3-5-14/h6-7,11H,2-5,8H2,1H3. The summed E-state index contributed by atoms with van der Waals surface area (Å²) in [6.45, 7) is 3.46. The number of nitrogens with zero attached hydrogens (tertiary/aromatic N) is 3. The average Bonchev–Trinajstić information content (AvgIpc) is 2.73. The van der Waals surface area contributed by atoms with E-state index < -0.39 is 0 Å². The van der Waals surface area contributed by atoms with Crippen LogP contribution in [0.15, 0.2) is 17.3 Å². The number of aromatic nitrogens is 2. The summed E-state index contributed by atoms with van der Waals surface area (Å²) in [5, 5.41) is 7.30. The Morgan fingerprint density at radius 1 is 1.56 bits per heavy atom. The lowest BCUT2D eigenvalue weighted by molar-refractivity contribution is -0.128. The van der Waals surface area contributed by atoms with Gasteiger partial charge in [-0.1, -0.05) is 0 Å². The number of rotatable bonds is 3. The minimum atomic E-state index is 0.218. The Labute approximate surface area is 99.2 Å². The maximum Gasteiger partial charge on any atom is 0.233 e. The zero-order chi connectivity index (χ0) is 11.4. The van der Waals surface area contributed by atoms with E-state index in [1.165, 1.54) is 0 Å². The van der Waals surface area contributed by atoms with Gasteiger partial charge in [-0.25, -0.2) is 0 Å². The van der Waals surface area contributed by atoms with Gasteiger partial charge in [0.15, 0.2) is 0 Å². The van der Waals surface area contributed by atoms with Gasteiger partial charge >= 0.3 is 0 Å². The third-order valence-electron chi connectivity index (χ3n) is 2.51. The number of aryl methyl sites for hydroxylation is 1. The Hall–Kier alpha value is -1.01. The topological polar surface area (TPSA) is 50.2 Å². The van der Waals surface area contributed by atoms with Gasteiger partial charge in [-0.2, -0.15) is 5.10 Å². The van der Waals surface area contributed by atoms with Gasteiger partial charge in [0.1, 0.15) is 0 Å². The second-order valence-corrected chi connectivity index (χ2v) is 4.82. The molecule has 1 saturated heterocycles. The quantitative estimate of drug-likeness (QED) is 0.752. The van der Waals surface area contributed by atoms with Crippen LogP contribution < -0.4 is 5.32 Å². The van der Waals surface area contributed by atoms with Crippen molar-refractivity contribution in [1.29, 1.82) is 0 Å². The number of piperazine rings is 1. The van der Waals surface area contributed by atoms with E-state index in [0.29, 0.717) is 5.75 Å². The van der Waals surface area contributed by atoms with E-state index in [-0.39, 0.29) is 5.91 Å². The van der Waals surface area contributed by atoms with E-state index in [4.69, 9.17) is 0 Å². The highest BCUT2D eigenvalue weighted by atomic mass is 32.2. The Morgan fingerprint density at radius 2 is 2.31 bits per heavy atom. The van der Waals surface area contributed by atoms with E-state index in [0.717, 1.165) is 31.1 Å². The summed E-state index contributed by atoms with van der Waals surface area (Å²) in [6, 6.07) is 0. The van der Waals surface area contributed by atoms with Crippen LogP contribution in [0.1, 0.15) is 0 Å². The van der Waals surface area contributed by atoms with Crippen molar-refractivity contribution in [2.75, 3.05) is 31.9 Å². The van der Waals surface area contributed by atoms with Crippen molar-refractivity contribution in [3.8, 4) is 0 Å². The van der Waals surface area contributed by atoms with Crippen molar-refractivity contribution in [3.05, 3.63) is 12.4 Å². The van der Waals surface area contributed by atoms with E-state index in [1.54, 1.807) is 22.6 Å². The Balaban J connectivity index is 1.78. The van der Waals surface area contributed by atoms with E-state index in [2.05, 4.69) is 10.4 Å². The van der Waals surface area contributed by atoms with Gasteiger partial charge in [0.25, 0.3) is 0 Å². The number of carbonyl (C=O) groups excluding carboxylic acids is 1. The molecule has 1 aliphatic rings. The molecule has 0 unspecified atom stereocenters. The van der Waals surface area contributed by atoms with Crippen molar-refractivity contribution >= 4 is 17.7 Å². The summed E-state index contributed by atoms with van der Waals surface area (Å²) in [5.74, 6) is 0.724. The van der Waals surface area contributed by atoms with Gasteiger partial charge in [-0.3, -0.25) is 9.48 Å². The van der Waals surface area contributed by atoms with Crippen LogP contribution in [0.5, 0.6) is 0 Å². The lowest BCUT2D eigenvalue weighted by atomic mass is 10.3. The Kier molecular flexibility index (Phi) is 3.84. The van der Waals surface area contributed by atoms with Crippen molar-refractivity contribution in [2.24, 2.45) is 7.05 Å². The molecule has 5 nitrogen and oxygen atoms in total. The number of hydrogen-bond acceptors (Lipinski definition) is 4. The summed E-state index contributed by atoms with van der Waals surface area (Å²) >= 11 is 1.55. The van der Waals surface area contributed by atoms with Crippen LogP contribution in [0.4, 0.5) is 0 Å². The summed E-state index contributed by atoms with van der Waals surface area (Å²) in [7, 11) is 1.88. The van der Waals surface area contributed by atoms with Crippen LogP contribution in [0.25, 0.3) is 0 Å². The highest BCUT2D eigenvalue weighted by Crippen LogP contribution is 2.16. The van der Waals surface area contributed by atoms with Gasteiger partial charge in [0, 0.05) is 44.3 Å². The first-order valence-electron chi connectivity index (χ1n) is 5.35. The smallest absolute Gasteiger partial charge is 0.233 e. The maximum atomic E-state index is 11.8. The highest BCUT2D eigenvalue weighted by Gasteiger charge is 2.16. The molecule has 1 aromatic rings. The summed E-state index contributed by atoms with van der Waals surface area (Å²) in [4.78, 5) is 14.8. The lowest BCUT2D eigenvalue weighted by Crippen LogP contribution is -2.47. The molecule has 0 atom stereocenters. The second kappa shape index (κ2) is 5.36. The molecule has 0 radical (unpaired) electrons. The number of thioether (sulfide) groups is 1. The molecule has 16 heavy (non-hydrogen) atoms. The zero-order valence-corrected chi connectivity index (χ0v) is 10.2. The second-order valence-electron chi connectivity index (χ2n) is 3.77. The van der Waals surface area contributed by atoms with Crippen LogP contribution in [0.3, 0.4) is 0 Å². The molecule has 0 spiro atoms. The summed E-state index contributed by atoms with van der Waals surface area (Å²) in [5.41, 5.74) is 0. The number of amides is 1. The SMILES string of the molecule is Cn1cc(SCC(=O)N2CCNCC2)cn1. The monoisotopic (exact) mass is 240 g/mol. The number of hydrogen-bond donors (Lipinski definition) is 1. The van der Waals surface area contributed by atoms with Crippen LogP contribution in [0.2, 0.25) is 0 Å². The van der Waals surface area contributed by atoms with Crippen molar-refractivity contribution in [2.45, 2.75) is 4.90 Å². The van der Waals surface area contributed by atoms with Gasteiger partial charge in [-0.05, 0) is 0 Å². The third-order valence-corrected chi connectivity index (χ3v) is 3.45. The first kappa shape index (κ1) is 11.5. The first-order chi connectivity index (χ1) is 7.75. The van der Waals surface area contributed by atoms with Crippen LogP contribution in [-0.4, -0.2) is 52.5 Å². The van der Waals surface area contributed by atoms with Crippen molar-refractivity contribution in [1.82, 2.24) is 20.0 Å². The lowest BCUT2D eigenvalue weighted by Gasteiger charge is -2.27. The van der Waals surface area contributed by atoms with Gasteiger partial charge in [-0.15, -0.1) is 11.8 Å². The zero-order valence-electron chi connectivity index (χ0n) is 9.35. The van der Waals surface area contributed by atoms with Crippen LogP contribution >= 0.6 is 11.8 Å². The fourth-order valence-electron chi connectivity index (χ4n) is 1.62. The molecule has 0 saturated carbocycles. The normalized spacial score (nSPS) is 16.4. The fourth-order valence-corrected chi connectivity index (χ4v) is 2.45. The molecule has 0 bridgehead atoms. The largest absolute Gasteiger partial charge is 0.339 e. The van der Waals surface area contributed by atoms with Gasteiger partial charge in [0.2, 0.25) is 5.91 Å². The predicted octanol–water partition coefficient (Wildman–Crippen LogP) is -0.0560. The molecule has 2 heterocycles. The van der Waals surface area contributed by atoms with Gasteiger partial charge in [0.05, 0.1) is 11.9 Å². The minimum Gasteiger partial charge on any atom is -0.339 e. The average molecular weight is 240 g/mol. The van der Waals surface area contributed by atoms with Crippen LogP contribution in [0, 0.1) is 0 Å². The molecular formula is C10H16N4OS. The maximum absolute atomic E-state index is 11.8. The molecule has 0 aromatic carbocycles. The molecular weight excluding hydrogens is 224 g/mol. The number of nitrogens with one attached hydrogen (secondary N) is 1. The van der Waals surface area contributed by atoms with E-state index >= 15 is 0 Å². The molecule has 1 fully saturated rings.